The molecule has 152 valence electrons. The number of sulfonamides is 1. The number of rotatable bonds is 7. The molecule has 0 saturated carbocycles. The molecule has 9 heteroatoms. The maximum absolute atomic E-state index is 12.7. The summed E-state index contributed by atoms with van der Waals surface area (Å²) >= 11 is 0. The van der Waals surface area contributed by atoms with Gasteiger partial charge < -0.3 is 5.32 Å². The molecule has 2 aromatic rings. The van der Waals surface area contributed by atoms with Crippen LogP contribution in [0.5, 0.6) is 0 Å². The van der Waals surface area contributed by atoms with Gasteiger partial charge in [0.05, 0.1) is 10.5 Å². The summed E-state index contributed by atoms with van der Waals surface area (Å²) in [6, 6.07) is 10.3. The summed E-state index contributed by atoms with van der Waals surface area (Å²) in [5.74, 6) is -0.433. The van der Waals surface area contributed by atoms with Gasteiger partial charge in [0.2, 0.25) is 15.9 Å². The highest BCUT2D eigenvalue weighted by Crippen LogP contribution is 2.30. The molecule has 0 atom stereocenters. The molecule has 0 aliphatic heterocycles. The van der Waals surface area contributed by atoms with E-state index in [4.69, 9.17) is 0 Å². The quantitative estimate of drug-likeness (QED) is 0.720. The van der Waals surface area contributed by atoms with Crippen molar-refractivity contribution in [2.75, 3.05) is 5.32 Å². The lowest BCUT2D eigenvalue weighted by Crippen LogP contribution is -2.30. The summed E-state index contributed by atoms with van der Waals surface area (Å²) in [6.07, 6.45) is -4.11. The van der Waals surface area contributed by atoms with Gasteiger partial charge in [-0.3, -0.25) is 4.79 Å². The molecular weight excluding hydrogens is 393 g/mol. The van der Waals surface area contributed by atoms with E-state index >= 15 is 0 Å². The number of benzene rings is 2. The van der Waals surface area contributed by atoms with E-state index in [2.05, 4.69) is 10.0 Å². The molecule has 0 aromatic heterocycles. The molecular formula is C19H21F3N2O3S. The maximum Gasteiger partial charge on any atom is 0.416 e. The van der Waals surface area contributed by atoms with Gasteiger partial charge >= 0.3 is 6.18 Å². The minimum Gasteiger partial charge on any atom is -0.326 e. The van der Waals surface area contributed by atoms with Crippen LogP contribution in [0, 0.1) is 0 Å². The SMILES string of the molecule is CC(C)NS(=O)(=O)c1ccc(CCC(=O)Nc2cccc(C(F)(F)F)c2)cc1. The number of aryl methyl sites for hydroxylation is 1. The third-order valence-electron chi connectivity index (χ3n) is 3.74. The summed E-state index contributed by atoms with van der Waals surface area (Å²) in [4.78, 5) is 12.1. The van der Waals surface area contributed by atoms with Crippen LogP contribution in [-0.4, -0.2) is 20.4 Å². The fraction of sp³-hybridized carbons (Fsp3) is 0.316. The highest BCUT2D eigenvalue weighted by molar-refractivity contribution is 7.89. The van der Waals surface area contributed by atoms with Crippen molar-refractivity contribution in [3.05, 3.63) is 59.7 Å². The Kier molecular flexibility index (Phi) is 6.84. The van der Waals surface area contributed by atoms with Crippen LogP contribution < -0.4 is 10.0 Å². The molecule has 0 saturated heterocycles. The smallest absolute Gasteiger partial charge is 0.326 e. The first kappa shape index (κ1) is 21.9. The van der Waals surface area contributed by atoms with Crippen molar-refractivity contribution in [2.45, 2.75) is 43.8 Å². The van der Waals surface area contributed by atoms with E-state index in [1.807, 2.05) is 0 Å². The van der Waals surface area contributed by atoms with E-state index in [1.54, 1.807) is 26.0 Å². The Morgan fingerprint density at radius 2 is 1.71 bits per heavy atom. The fourth-order valence-electron chi connectivity index (χ4n) is 2.47. The number of hydrogen-bond donors (Lipinski definition) is 2. The zero-order valence-electron chi connectivity index (χ0n) is 15.4. The third kappa shape index (κ3) is 6.35. The topological polar surface area (TPSA) is 75.3 Å². The molecule has 5 nitrogen and oxygen atoms in total. The zero-order chi connectivity index (χ0) is 20.9. The van der Waals surface area contributed by atoms with Gasteiger partial charge in [0.15, 0.2) is 0 Å². The number of carbonyl (C=O) groups is 1. The number of alkyl halides is 3. The lowest BCUT2D eigenvalue weighted by Gasteiger charge is -2.11. The van der Waals surface area contributed by atoms with Crippen LogP contribution >= 0.6 is 0 Å². The molecule has 2 N–H and O–H groups in total. The number of carbonyl (C=O) groups excluding carboxylic acids is 1. The summed E-state index contributed by atoms with van der Waals surface area (Å²) in [5.41, 5.74) is -0.0270. The molecule has 0 unspecified atom stereocenters. The predicted octanol–water partition coefficient (Wildman–Crippen LogP) is 3.96. The fourth-order valence-corrected chi connectivity index (χ4v) is 3.72. The van der Waals surface area contributed by atoms with Gasteiger partial charge in [-0.05, 0) is 56.2 Å². The normalized spacial score (nSPS) is 12.2. The number of hydrogen-bond acceptors (Lipinski definition) is 3. The van der Waals surface area contributed by atoms with Crippen LogP contribution in [0.25, 0.3) is 0 Å². The molecule has 0 aliphatic rings. The average molecular weight is 414 g/mol. The highest BCUT2D eigenvalue weighted by Gasteiger charge is 2.30. The second-order valence-corrected chi connectivity index (χ2v) is 8.26. The second-order valence-electron chi connectivity index (χ2n) is 6.55. The minimum atomic E-state index is -4.48. The molecule has 0 heterocycles. The summed E-state index contributed by atoms with van der Waals surface area (Å²) in [6.45, 7) is 3.43. The second kappa shape index (κ2) is 8.74. The van der Waals surface area contributed by atoms with Crippen LogP contribution in [0.3, 0.4) is 0 Å². The van der Waals surface area contributed by atoms with Gasteiger partial charge in [0.1, 0.15) is 0 Å². The van der Waals surface area contributed by atoms with Crippen molar-refractivity contribution in [1.29, 1.82) is 0 Å². The monoisotopic (exact) mass is 414 g/mol. The van der Waals surface area contributed by atoms with Crippen LogP contribution in [0.1, 0.15) is 31.4 Å². The summed E-state index contributed by atoms with van der Waals surface area (Å²) in [7, 11) is -3.59. The first-order valence-electron chi connectivity index (χ1n) is 8.56. The Morgan fingerprint density at radius 3 is 2.29 bits per heavy atom. The Hall–Kier alpha value is -2.39. The third-order valence-corrected chi connectivity index (χ3v) is 5.41. The van der Waals surface area contributed by atoms with Gasteiger partial charge in [-0.1, -0.05) is 18.2 Å². The van der Waals surface area contributed by atoms with E-state index in [0.29, 0.717) is 6.42 Å². The van der Waals surface area contributed by atoms with Crippen LogP contribution in [0.15, 0.2) is 53.4 Å². The van der Waals surface area contributed by atoms with Crippen molar-refractivity contribution in [2.24, 2.45) is 0 Å². The molecule has 28 heavy (non-hydrogen) atoms. The Bertz CT molecular complexity index is 924. The highest BCUT2D eigenvalue weighted by atomic mass is 32.2. The van der Waals surface area contributed by atoms with Gasteiger partial charge in [0.25, 0.3) is 0 Å². The number of nitrogens with one attached hydrogen (secondary N) is 2. The summed E-state index contributed by atoms with van der Waals surface area (Å²) < 4.78 is 64.7. The molecule has 0 spiro atoms. The molecule has 2 aromatic carbocycles. The van der Waals surface area contributed by atoms with E-state index in [1.165, 1.54) is 24.3 Å². The largest absolute Gasteiger partial charge is 0.416 e. The van der Waals surface area contributed by atoms with Gasteiger partial charge in [-0.15, -0.1) is 0 Å². The number of halogens is 3. The lowest BCUT2D eigenvalue weighted by atomic mass is 10.1. The first-order valence-corrected chi connectivity index (χ1v) is 10.0. The molecule has 0 fully saturated rings. The number of amides is 1. The van der Waals surface area contributed by atoms with Gasteiger partial charge in [-0.25, -0.2) is 13.1 Å². The Morgan fingerprint density at radius 1 is 1.07 bits per heavy atom. The molecule has 2 rings (SSSR count). The first-order chi connectivity index (χ1) is 13.0. The lowest BCUT2D eigenvalue weighted by molar-refractivity contribution is -0.137. The predicted molar refractivity (Wildman–Crippen MR) is 100 cm³/mol. The van der Waals surface area contributed by atoms with Crippen molar-refractivity contribution in [3.8, 4) is 0 Å². The van der Waals surface area contributed by atoms with Crippen molar-refractivity contribution in [1.82, 2.24) is 4.72 Å². The molecule has 1 amide bonds. The van der Waals surface area contributed by atoms with Crippen LogP contribution in [0.4, 0.5) is 18.9 Å². The maximum atomic E-state index is 12.7. The van der Waals surface area contributed by atoms with E-state index in [-0.39, 0.29) is 23.0 Å². The Balaban J connectivity index is 1.95. The van der Waals surface area contributed by atoms with Crippen molar-refractivity contribution < 1.29 is 26.4 Å². The van der Waals surface area contributed by atoms with E-state index in [9.17, 15) is 26.4 Å². The van der Waals surface area contributed by atoms with Crippen molar-refractivity contribution in [3.63, 3.8) is 0 Å². The van der Waals surface area contributed by atoms with Crippen molar-refractivity contribution >= 4 is 21.6 Å². The molecule has 0 radical (unpaired) electrons. The van der Waals surface area contributed by atoms with Gasteiger partial charge in [-0.2, -0.15) is 13.2 Å². The number of anilines is 1. The summed E-state index contributed by atoms with van der Waals surface area (Å²) in [5, 5.41) is 2.44. The molecule has 0 bridgehead atoms. The van der Waals surface area contributed by atoms with Crippen LogP contribution in [-0.2, 0) is 27.4 Å². The van der Waals surface area contributed by atoms with Crippen LogP contribution in [0.2, 0.25) is 0 Å². The van der Waals surface area contributed by atoms with Gasteiger partial charge in [0, 0.05) is 18.2 Å². The zero-order valence-corrected chi connectivity index (χ0v) is 16.2. The average Bonchev–Trinajstić information content (AvgIpc) is 2.59. The van der Waals surface area contributed by atoms with E-state index < -0.39 is 27.7 Å². The van der Waals surface area contributed by atoms with E-state index in [0.717, 1.165) is 17.7 Å². The standard InChI is InChI=1S/C19H21F3N2O3S/c1-13(2)24-28(26,27)17-9-6-14(7-10-17)8-11-18(25)23-16-5-3-4-15(12-16)19(20,21)22/h3-7,9-10,12-13,24H,8,11H2,1-2H3,(H,23,25). The molecule has 0 aliphatic carbocycles. The minimum absolute atomic E-state index is 0.0482. The Labute approximate surface area is 162 Å².